The minimum absolute atomic E-state index is 0.0726. The molecule has 3 rings (SSSR count). The van der Waals surface area contributed by atoms with Crippen molar-refractivity contribution in [3.63, 3.8) is 0 Å². The first kappa shape index (κ1) is 13.3. The second-order valence-corrected chi connectivity index (χ2v) is 4.88. The molecule has 2 aromatic heterocycles. The Bertz CT molecular complexity index is 721. The zero-order valence-corrected chi connectivity index (χ0v) is 12.1. The zero-order chi connectivity index (χ0) is 14.7. The molecule has 0 aliphatic rings. The lowest BCUT2D eigenvalue weighted by atomic mass is 10.1. The highest BCUT2D eigenvalue weighted by Gasteiger charge is 2.12. The van der Waals surface area contributed by atoms with Gasteiger partial charge in [0.05, 0.1) is 35.1 Å². The van der Waals surface area contributed by atoms with E-state index in [1.165, 1.54) is 0 Å². The van der Waals surface area contributed by atoms with Crippen molar-refractivity contribution < 1.29 is 0 Å². The Kier molecular flexibility index (Phi) is 3.64. The van der Waals surface area contributed by atoms with Crippen LogP contribution < -0.4 is 5.32 Å². The van der Waals surface area contributed by atoms with Crippen LogP contribution in [0.1, 0.15) is 24.4 Å². The Morgan fingerprint density at radius 1 is 1.10 bits per heavy atom. The van der Waals surface area contributed by atoms with Gasteiger partial charge in [-0.15, -0.1) is 0 Å². The van der Waals surface area contributed by atoms with E-state index in [-0.39, 0.29) is 6.04 Å². The Labute approximate surface area is 123 Å². The molecule has 0 fully saturated rings. The molecule has 1 atom stereocenters. The quantitative estimate of drug-likeness (QED) is 0.797. The third-order valence-corrected chi connectivity index (χ3v) is 3.39. The third kappa shape index (κ3) is 2.76. The number of benzene rings is 1. The fourth-order valence-corrected chi connectivity index (χ4v) is 2.37. The maximum atomic E-state index is 4.42. The average molecular weight is 279 g/mol. The summed E-state index contributed by atoms with van der Waals surface area (Å²) in [6.07, 6.45) is 8.93. The molecule has 5 heteroatoms. The van der Waals surface area contributed by atoms with E-state index in [0.717, 1.165) is 22.8 Å². The largest absolute Gasteiger partial charge is 0.375 e. The van der Waals surface area contributed by atoms with Gasteiger partial charge in [-0.1, -0.05) is 12.1 Å². The van der Waals surface area contributed by atoms with Gasteiger partial charge in [-0.25, -0.2) is 4.98 Å². The average Bonchev–Trinajstić information content (AvgIpc) is 3.02. The monoisotopic (exact) mass is 279 g/mol. The SMILES string of the molecule is Cc1nccnc1C(C)Nc1ccccc1-n1ccnc1. The van der Waals surface area contributed by atoms with E-state index in [9.17, 15) is 0 Å². The summed E-state index contributed by atoms with van der Waals surface area (Å²) in [7, 11) is 0. The van der Waals surface area contributed by atoms with Crippen LogP contribution in [0.15, 0.2) is 55.4 Å². The number of hydrogen-bond acceptors (Lipinski definition) is 4. The van der Waals surface area contributed by atoms with Gasteiger partial charge in [0.2, 0.25) is 0 Å². The number of nitrogens with one attached hydrogen (secondary N) is 1. The number of hydrogen-bond donors (Lipinski definition) is 1. The zero-order valence-electron chi connectivity index (χ0n) is 12.1. The molecule has 1 unspecified atom stereocenters. The molecule has 1 aromatic carbocycles. The molecule has 3 aromatic rings. The fourth-order valence-electron chi connectivity index (χ4n) is 2.37. The summed E-state index contributed by atoms with van der Waals surface area (Å²) in [6.45, 7) is 4.06. The lowest BCUT2D eigenvalue weighted by Crippen LogP contribution is -2.12. The van der Waals surface area contributed by atoms with E-state index < -0.39 is 0 Å². The third-order valence-electron chi connectivity index (χ3n) is 3.39. The van der Waals surface area contributed by atoms with E-state index >= 15 is 0 Å². The summed E-state index contributed by atoms with van der Waals surface area (Å²) >= 11 is 0. The van der Waals surface area contributed by atoms with Crippen LogP contribution in [-0.2, 0) is 0 Å². The van der Waals surface area contributed by atoms with E-state index in [0.29, 0.717) is 0 Å². The van der Waals surface area contributed by atoms with E-state index in [2.05, 4.69) is 39.3 Å². The standard InChI is InChI=1S/C16H17N5/c1-12-16(19-8-7-18-12)13(2)20-14-5-3-4-6-15(14)21-10-9-17-11-21/h3-11,13,20H,1-2H3. The number of anilines is 1. The number of imidazole rings is 1. The lowest BCUT2D eigenvalue weighted by Gasteiger charge is -2.18. The molecular formula is C16H17N5. The summed E-state index contributed by atoms with van der Waals surface area (Å²) in [6, 6.07) is 8.21. The second kappa shape index (κ2) is 5.75. The molecule has 1 N–H and O–H groups in total. The molecule has 106 valence electrons. The maximum absolute atomic E-state index is 4.42. The van der Waals surface area contributed by atoms with Gasteiger partial charge in [-0.2, -0.15) is 0 Å². The molecule has 0 saturated carbocycles. The molecule has 0 bridgehead atoms. The topological polar surface area (TPSA) is 55.6 Å². The van der Waals surface area contributed by atoms with E-state index in [1.54, 1.807) is 24.9 Å². The normalized spacial score (nSPS) is 12.1. The number of para-hydroxylation sites is 2. The van der Waals surface area contributed by atoms with Gasteiger partial charge >= 0.3 is 0 Å². The molecule has 21 heavy (non-hydrogen) atoms. The van der Waals surface area contributed by atoms with Crippen molar-refractivity contribution in [1.82, 2.24) is 19.5 Å². The number of aryl methyl sites for hydroxylation is 1. The van der Waals surface area contributed by atoms with Gasteiger partial charge in [0, 0.05) is 24.8 Å². The number of nitrogens with zero attached hydrogens (tertiary/aromatic N) is 4. The van der Waals surface area contributed by atoms with Crippen LogP contribution in [0.2, 0.25) is 0 Å². The van der Waals surface area contributed by atoms with Crippen molar-refractivity contribution in [3.8, 4) is 5.69 Å². The minimum atomic E-state index is 0.0726. The van der Waals surface area contributed by atoms with Crippen LogP contribution >= 0.6 is 0 Å². The molecule has 2 heterocycles. The molecule has 0 amide bonds. The summed E-state index contributed by atoms with van der Waals surface area (Å²) < 4.78 is 1.98. The van der Waals surface area contributed by atoms with Crippen LogP contribution in [-0.4, -0.2) is 19.5 Å². The summed E-state index contributed by atoms with van der Waals surface area (Å²) in [5.74, 6) is 0. The molecule has 0 aliphatic heterocycles. The predicted octanol–water partition coefficient (Wildman–Crippen LogP) is 3.14. The number of aromatic nitrogens is 4. The summed E-state index contributed by atoms with van der Waals surface area (Å²) in [4.78, 5) is 12.8. The van der Waals surface area contributed by atoms with Gasteiger partial charge in [0.25, 0.3) is 0 Å². The Balaban J connectivity index is 1.91. The Morgan fingerprint density at radius 3 is 2.67 bits per heavy atom. The van der Waals surface area contributed by atoms with Crippen molar-refractivity contribution in [1.29, 1.82) is 0 Å². The van der Waals surface area contributed by atoms with Gasteiger partial charge in [-0.05, 0) is 26.0 Å². The first-order valence-corrected chi connectivity index (χ1v) is 6.87. The fraction of sp³-hybridized carbons (Fsp3) is 0.188. The van der Waals surface area contributed by atoms with Gasteiger partial charge in [0.15, 0.2) is 0 Å². The van der Waals surface area contributed by atoms with Crippen molar-refractivity contribution in [2.75, 3.05) is 5.32 Å². The highest BCUT2D eigenvalue weighted by Crippen LogP contribution is 2.24. The second-order valence-electron chi connectivity index (χ2n) is 4.88. The Morgan fingerprint density at radius 2 is 1.90 bits per heavy atom. The van der Waals surface area contributed by atoms with Crippen LogP contribution in [0, 0.1) is 6.92 Å². The predicted molar refractivity (Wildman–Crippen MR) is 82.4 cm³/mol. The molecule has 0 aliphatic carbocycles. The van der Waals surface area contributed by atoms with E-state index in [1.807, 2.05) is 29.8 Å². The molecule has 5 nitrogen and oxygen atoms in total. The van der Waals surface area contributed by atoms with Gasteiger partial charge < -0.3 is 9.88 Å². The highest BCUT2D eigenvalue weighted by molar-refractivity contribution is 5.61. The highest BCUT2D eigenvalue weighted by atomic mass is 15.1. The Hall–Kier alpha value is -2.69. The lowest BCUT2D eigenvalue weighted by molar-refractivity contribution is 0.808. The van der Waals surface area contributed by atoms with Gasteiger partial charge in [-0.3, -0.25) is 9.97 Å². The first-order valence-electron chi connectivity index (χ1n) is 6.87. The maximum Gasteiger partial charge on any atom is 0.0992 e. The van der Waals surface area contributed by atoms with Crippen molar-refractivity contribution >= 4 is 5.69 Å². The van der Waals surface area contributed by atoms with Crippen LogP contribution in [0.5, 0.6) is 0 Å². The van der Waals surface area contributed by atoms with E-state index in [4.69, 9.17) is 0 Å². The smallest absolute Gasteiger partial charge is 0.0992 e. The molecule has 0 spiro atoms. The van der Waals surface area contributed by atoms with Crippen LogP contribution in [0.3, 0.4) is 0 Å². The molecular weight excluding hydrogens is 262 g/mol. The summed E-state index contributed by atoms with van der Waals surface area (Å²) in [5, 5.41) is 3.50. The van der Waals surface area contributed by atoms with Crippen molar-refractivity contribution in [2.45, 2.75) is 19.9 Å². The van der Waals surface area contributed by atoms with Crippen molar-refractivity contribution in [3.05, 3.63) is 66.8 Å². The minimum Gasteiger partial charge on any atom is -0.375 e. The molecule has 0 radical (unpaired) electrons. The van der Waals surface area contributed by atoms with Crippen LogP contribution in [0.25, 0.3) is 5.69 Å². The number of rotatable bonds is 4. The van der Waals surface area contributed by atoms with Crippen LogP contribution in [0.4, 0.5) is 5.69 Å². The van der Waals surface area contributed by atoms with Gasteiger partial charge in [0.1, 0.15) is 0 Å². The van der Waals surface area contributed by atoms with Crippen molar-refractivity contribution in [2.24, 2.45) is 0 Å². The summed E-state index contributed by atoms with van der Waals surface area (Å²) in [5.41, 5.74) is 3.99. The molecule has 0 saturated heterocycles. The first-order chi connectivity index (χ1) is 10.3.